The molecule has 1 aromatic carbocycles. The fraction of sp³-hybridized carbons (Fsp3) is 0.684. The van der Waals surface area contributed by atoms with Gasteiger partial charge in [-0.15, -0.1) is 11.6 Å². The van der Waals surface area contributed by atoms with Gasteiger partial charge in [-0.2, -0.15) is 18.1 Å². The third-order valence-electron chi connectivity index (χ3n) is 7.11. The zero-order valence-corrected chi connectivity index (χ0v) is 18.9. The molecule has 32 heavy (non-hydrogen) atoms. The van der Waals surface area contributed by atoms with E-state index in [0.29, 0.717) is 31.6 Å². The van der Waals surface area contributed by atoms with Crippen LogP contribution in [0.3, 0.4) is 0 Å². The van der Waals surface area contributed by atoms with E-state index in [1.807, 2.05) is 0 Å². The summed E-state index contributed by atoms with van der Waals surface area (Å²) in [6, 6.07) is 3.77. The van der Waals surface area contributed by atoms with Crippen LogP contribution in [0.25, 0.3) is 0 Å². The van der Waals surface area contributed by atoms with Crippen LogP contribution in [0.15, 0.2) is 18.2 Å². The molecule has 1 spiro atoms. The van der Waals surface area contributed by atoms with E-state index in [-0.39, 0.29) is 22.4 Å². The number of hydrogen-bond donors (Lipinski definition) is 2. The molecule has 4 bridgehead atoms. The lowest BCUT2D eigenvalue weighted by molar-refractivity contribution is -0.650. The summed E-state index contributed by atoms with van der Waals surface area (Å²) in [5.41, 5.74) is -1.15. The smallest absolute Gasteiger partial charge is 0.403 e. The van der Waals surface area contributed by atoms with Crippen LogP contribution in [-0.2, 0) is 24.9 Å². The number of halogens is 5. The van der Waals surface area contributed by atoms with Crippen molar-refractivity contribution in [3.63, 3.8) is 0 Å². The number of phosphoric ester groups is 1. The van der Waals surface area contributed by atoms with Crippen molar-refractivity contribution >= 4 is 31.0 Å². The highest BCUT2D eigenvalue weighted by Crippen LogP contribution is 2.71. The number of rotatable bonds is 5. The van der Waals surface area contributed by atoms with Gasteiger partial charge < -0.3 is 9.26 Å². The molecule has 6 rings (SSSR count). The molecule has 4 aliphatic carbocycles. The van der Waals surface area contributed by atoms with Crippen molar-refractivity contribution < 1.29 is 46.6 Å². The Hall–Kier alpha value is -0.580. The molecule has 5 fully saturated rings. The fourth-order valence-corrected chi connectivity index (χ4v) is 7.55. The van der Waals surface area contributed by atoms with Crippen molar-refractivity contribution in [2.75, 3.05) is 6.61 Å². The molecule has 7 nitrogen and oxygen atoms in total. The minimum atomic E-state index is -4.98. The first-order valence-electron chi connectivity index (χ1n) is 10.1. The largest absolute Gasteiger partial charge is 0.524 e. The Morgan fingerprint density at radius 1 is 1.16 bits per heavy atom. The van der Waals surface area contributed by atoms with E-state index < -0.39 is 42.6 Å². The maximum Gasteiger partial charge on any atom is 0.524 e. The van der Waals surface area contributed by atoms with Crippen LogP contribution in [0.4, 0.5) is 13.2 Å². The predicted octanol–water partition coefficient (Wildman–Crippen LogP) is 5.06. The first-order chi connectivity index (χ1) is 14.8. The quantitative estimate of drug-likeness (QED) is 0.319. The Labute approximate surface area is 191 Å². The normalized spacial score (nSPS) is 40.5. The van der Waals surface area contributed by atoms with Gasteiger partial charge in [0.25, 0.3) is 5.79 Å². The van der Waals surface area contributed by atoms with E-state index in [1.54, 1.807) is 0 Å². The molecule has 13 heteroatoms. The minimum Gasteiger partial charge on any atom is -0.403 e. The third kappa shape index (κ3) is 3.58. The van der Waals surface area contributed by atoms with E-state index >= 15 is 0 Å². The van der Waals surface area contributed by atoms with Gasteiger partial charge in [-0.05, 0) is 62.0 Å². The third-order valence-corrected chi connectivity index (χ3v) is 8.32. The van der Waals surface area contributed by atoms with E-state index in [1.165, 1.54) is 12.1 Å². The second-order valence-corrected chi connectivity index (χ2v) is 11.6. The summed E-state index contributed by atoms with van der Waals surface area (Å²) in [4.78, 5) is 29.0. The van der Waals surface area contributed by atoms with Gasteiger partial charge in [0, 0.05) is 10.4 Å². The SMILES string of the molecule is O=P(O)(O)Oc1cc(C2(OCC(F)(F)F)OOC23C2CC4CC3CC(Cl)(C4)C2)ccc1Cl. The maximum atomic E-state index is 13.2. The Balaban J connectivity index is 1.60. The first kappa shape index (κ1) is 23.2. The van der Waals surface area contributed by atoms with Crippen molar-refractivity contribution in [1.82, 2.24) is 0 Å². The van der Waals surface area contributed by atoms with Gasteiger partial charge in [-0.3, -0.25) is 9.79 Å². The van der Waals surface area contributed by atoms with Gasteiger partial charge >= 0.3 is 14.0 Å². The monoisotopic (exact) mass is 518 g/mol. The zero-order valence-electron chi connectivity index (χ0n) is 16.5. The Morgan fingerprint density at radius 2 is 1.81 bits per heavy atom. The number of phosphoric acid groups is 1. The Morgan fingerprint density at radius 3 is 2.31 bits per heavy atom. The molecule has 3 atom stereocenters. The molecule has 0 amide bonds. The van der Waals surface area contributed by atoms with Crippen molar-refractivity contribution in [2.45, 2.75) is 54.5 Å². The van der Waals surface area contributed by atoms with Gasteiger partial charge in [-0.25, -0.2) is 9.45 Å². The summed E-state index contributed by atoms with van der Waals surface area (Å²) < 4.78 is 61.1. The topological polar surface area (TPSA) is 94.5 Å². The van der Waals surface area contributed by atoms with Gasteiger partial charge in [0.2, 0.25) is 0 Å². The molecule has 1 aromatic rings. The molecule has 4 saturated carbocycles. The van der Waals surface area contributed by atoms with Crippen LogP contribution in [-0.4, -0.2) is 33.0 Å². The van der Waals surface area contributed by atoms with Crippen molar-refractivity contribution in [3.8, 4) is 5.75 Å². The molecule has 178 valence electrons. The Bertz CT molecular complexity index is 970. The summed E-state index contributed by atoms with van der Waals surface area (Å²) in [5.74, 6) is -2.45. The van der Waals surface area contributed by atoms with Gasteiger partial charge in [0.15, 0.2) is 11.4 Å². The van der Waals surface area contributed by atoms with Gasteiger partial charge in [-0.1, -0.05) is 17.7 Å². The van der Waals surface area contributed by atoms with Crippen molar-refractivity contribution in [1.29, 1.82) is 0 Å². The zero-order chi connectivity index (χ0) is 23.2. The molecule has 0 aromatic heterocycles. The van der Waals surface area contributed by atoms with E-state index in [9.17, 15) is 27.5 Å². The van der Waals surface area contributed by atoms with Crippen LogP contribution in [0.1, 0.15) is 37.7 Å². The van der Waals surface area contributed by atoms with Crippen LogP contribution < -0.4 is 4.52 Å². The lowest BCUT2D eigenvalue weighted by Gasteiger charge is -2.70. The fourth-order valence-electron chi connectivity index (χ4n) is 6.34. The predicted molar refractivity (Wildman–Crippen MR) is 105 cm³/mol. The lowest BCUT2D eigenvalue weighted by Crippen LogP contribution is -2.78. The maximum absolute atomic E-state index is 13.2. The number of benzene rings is 1. The molecule has 1 saturated heterocycles. The van der Waals surface area contributed by atoms with E-state index in [0.717, 1.165) is 12.5 Å². The van der Waals surface area contributed by atoms with Crippen LogP contribution >= 0.6 is 31.0 Å². The van der Waals surface area contributed by atoms with Crippen LogP contribution in [0.5, 0.6) is 5.75 Å². The van der Waals surface area contributed by atoms with Crippen molar-refractivity contribution in [2.24, 2.45) is 17.8 Å². The molecule has 3 unspecified atom stereocenters. The summed E-state index contributed by atoms with van der Waals surface area (Å²) >= 11 is 12.8. The molecular weight excluding hydrogens is 499 g/mol. The average Bonchev–Trinajstić information content (AvgIpc) is 2.60. The molecule has 1 aliphatic heterocycles. The standard InChI is InChI=1S/C19H20Cl2F3O7P/c20-14-2-1-11(5-15(14)29-32(25,26)27)19(28-9-17(22,23)24)18(30-31-19)12-3-10-4-13(18)8-16(21,6-10)7-12/h1-2,5,10,12-13H,3-4,6-9H2,(H2,25,26,27). The average molecular weight is 519 g/mol. The number of hydrogen-bond acceptors (Lipinski definition) is 5. The summed E-state index contributed by atoms with van der Waals surface area (Å²) in [6.45, 7) is -1.61. The number of alkyl halides is 4. The molecule has 1 heterocycles. The highest BCUT2D eigenvalue weighted by Gasteiger charge is 2.78. The Kier molecular flexibility index (Phi) is 5.22. The summed E-state index contributed by atoms with van der Waals surface area (Å²) in [5, 5.41) is -0.137. The van der Waals surface area contributed by atoms with Crippen LogP contribution in [0, 0.1) is 17.8 Å². The van der Waals surface area contributed by atoms with E-state index in [2.05, 4.69) is 4.52 Å². The first-order valence-corrected chi connectivity index (χ1v) is 12.4. The molecule has 2 N–H and O–H groups in total. The van der Waals surface area contributed by atoms with Crippen molar-refractivity contribution in [3.05, 3.63) is 28.8 Å². The van der Waals surface area contributed by atoms with Gasteiger partial charge in [0.1, 0.15) is 6.61 Å². The number of ether oxygens (including phenoxy) is 1. The highest BCUT2D eigenvalue weighted by molar-refractivity contribution is 7.46. The molecule has 5 aliphatic rings. The van der Waals surface area contributed by atoms with Gasteiger partial charge in [0.05, 0.1) is 5.02 Å². The summed E-state index contributed by atoms with van der Waals surface area (Å²) in [6.07, 6.45) is -1.28. The second kappa shape index (κ2) is 7.21. The van der Waals surface area contributed by atoms with Crippen LogP contribution in [0.2, 0.25) is 5.02 Å². The molecular formula is C19H20Cl2F3O7P. The lowest BCUT2D eigenvalue weighted by atomic mass is 9.46. The van der Waals surface area contributed by atoms with E-state index in [4.69, 9.17) is 37.7 Å². The second-order valence-electron chi connectivity index (χ2n) is 9.20. The molecule has 0 radical (unpaired) electrons. The minimum absolute atomic E-state index is 0.0666. The highest BCUT2D eigenvalue weighted by atomic mass is 35.5. The summed E-state index contributed by atoms with van der Waals surface area (Å²) in [7, 11) is -4.98.